The molecule has 2 rings (SSSR count). The highest BCUT2D eigenvalue weighted by atomic mass is 127. The standard InChI is InChI=1S/C15H25IN4S.HI/c1-17-15(18-8-7-13-5-6-14(16)21-13)19-9-12-20-10-3-2-4-11-20;/h5-6H,2-4,7-12H2,1H3,(H2,17,18,19);1H. The maximum atomic E-state index is 4.28. The maximum absolute atomic E-state index is 4.28. The van der Waals surface area contributed by atoms with Crippen LogP contribution in [0.2, 0.25) is 0 Å². The number of hydrogen-bond acceptors (Lipinski definition) is 3. The molecule has 126 valence electrons. The van der Waals surface area contributed by atoms with Crippen LogP contribution < -0.4 is 10.6 Å². The molecule has 0 spiro atoms. The molecule has 1 aliphatic heterocycles. The highest BCUT2D eigenvalue weighted by Gasteiger charge is 2.09. The minimum absolute atomic E-state index is 0. The van der Waals surface area contributed by atoms with Crippen LogP contribution in [0, 0.1) is 2.88 Å². The van der Waals surface area contributed by atoms with Crippen LogP contribution in [0.1, 0.15) is 24.1 Å². The number of nitrogens with one attached hydrogen (secondary N) is 2. The number of likely N-dealkylation sites (tertiary alicyclic amines) is 1. The molecule has 1 fully saturated rings. The van der Waals surface area contributed by atoms with Crippen LogP contribution in [0.15, 0.2) is 17.1 Å². The summed E-state index contributed by atoms with van der Waals surface area (Å²) < 4.78 is 1.35. The lowest BCUT2D eigenvalue weighted by Crippen LogP contribution is -2.43. The third-order valence-electron chi connectivity index (χ3n) is 3.69. The monoisotopic (exact) mass is 548 g/mol. The Morgan fingerprint density at radius 2 is 1.95 bits per heavy atom. The summed E-state index contributed by atoms with van der Waals surface area (Å²) in [5.74, 6) is 0.915. The van der Waals surface area contributed by atoms with Crippen molar-refractivity contribution in [3.63, 3.8) is 0 Å². The zero-order chi connectivity index (χ0) is 14.9. The second kappa shape index (κ2) is 11.9. The normalized spacial score (nSPS) is 16.2. The summed E-state index contributed by atoms with van der Waals surface area (Å²) in [6.45, 7) is 5.52. The van der Waals surface area contributed by atoms with Crippen molar-refractivity contribution in [3.05, 3.63) is 19.9 Å². The third-order valence-corrected chi connectivity index (χ3v) is 5.64. The summed E-state index contributed by atoms with van der Waals surface area (Å²) in [7, 11) is 1.84. The summed E-state index contributed by atoms with van der Waals surface area (Å²) in [5, 5.41) is 6.80. The van der Waals surface area contributed by atoms with Crippen molar-refractivity contribution >= 4 is 63.9 Å². The Morgan fingerprint density at radius 3 is 2.59 bits per heavy atom. The van der Waals surface area contributed by atoms with Gasteiger partial charge in [-0.25, -0.2) is 0 Å². The molecule has 0 atom stereocenters. The van der Waals surface area contributed by atoms with Crippen LogP contribution in [0.3, 0.4) is 0 Å². The smallest absolute Gasteiger partial charge is 0.191 e. The molecule has 4 nitrogen and oxygen atoms in total. The predicted octanol–water partition coefficient (Wildman–Crippen LogP) is 3.16. The van der Waals surface area contributed by atoms with Gasteiger partial charge in [-0.1, -0.05) is 6.42 Å². The number of nitrogens with zero attached hydrogens (tertiary/aromatic N) is 2. The Bertz CT molecular complexity index is 445. The van der Waals surface area contributed by atoms with Crippen molar-refractivity contribution in [1.82, 2.24) is 15.5 Å². The van der Waals surface area contributed by atoms with Gasteiger partial charge >= 0.3 is 0 Å². The van der Waals surface area contributed by atoms with E-state index in [1.54, 1.807) is 0 Å². The van der Waals surface area contributed by atoms with Crippen molar-refractivity contribution in [2.24, 2.45) is 4.99 Å². The fraction of sp³-hybridized carbons (Fsp3) is 0.667. The van der Waals surface area contributed by atoms with Crippen LogP contribution in [-0.2, 0) is 6.42 Å². The van der Waals surface area contributed by atoms with Crippen LogP contribution >= 0.6 is 57.9 Å². The lowest BCUT2D eigenvalue weighted by molar-refractivity contribution is 0.232. The second-order valence-corrected chi connectivity index (χ2v) is 8.35. The van der Waals surface area contributed by atoms with E-state index in [1.807, 2.05) is 18.4 Å². The van der Waals surface area contributed by atoms with Crippen LogP contribution in [-0.4, -0.2) is 50.6 Å². The summed E-state index contributed by atoms with van der Waals surface area (Å²) >= 11 is 4.23. The van der Waals surface area contributed by atoms with Crippen molar-refractivity contribution in [2.45, 2.75) is 25.7 Å². The lowest BCUT2D eigenvalue weighted by Gasteiger charge is -2.26. The van der Waals surface area contributed by atoms with Gasteiger partial charge in [0.1, 0.15) is 0 Å². The minimum atomic E-state index is 0. The predicted molar refractivity (Wildman–Crippen MR) is 116 cm³/mol. The molecule has 0 aromatic carbocycles. The fourth-order valence-corrected chi connectivity index (χ4v) is 4.28. The molecule has 0 bridgehead atoms. The molecule has 0 aliphatic carbocycles. The average molecular weight is 548 g/mol. The topological polar surface area (TPSA) is 39.7 Å². The Kier molecular flexibility index (Phi) is 11.0. The van der Waals surface area contributed by atoms with E-state index in [1.165, 1.54) is 40.1 Å². The van der Waals surface area contributed by atoms with E-state index in [-0.39, 0.29) is 24.0 Å². The number of piperidine rings is 1. The number of halogens is 2. The molecule has 22 heavy (non-hydrogen) atoms. The molecule has 0 saturated carbocycles. The third kappa shape index (κ3) is 7.78. The van der Waals surface area contributed by atoms with Gasteiger partial charge in [-0.15, -0.1) is 35.3 Å². The Hall–Kier alpha value is 0.390. The summed E-state index contributed by atoms with van der Waals surface area (Å²) in [6.07, 6.45) is 5.16. The zero-order valence-corrected chi connectivity index (χ0v) is 18.4. The molecule has 2 N–H and O–H groups in total. The molecular formula is C15H26I2N4S. The SMILES string of the molecule is CN=C(NCCc1ccc(I)s1)NCCN1CCCCC1.I. The number of hydrogen-bond donors (Lipinski definition) is 2. The first-order valence-electron chi connectivity index (χ1n) is 7.69. The first-order valence-corrected chi connectivity index (χ1v) is 9.58. The molecule has 0 radical (unpaired) electrons. The first-order chi connectivity index (χ1) is 10.3. The molecule has 0 unspecified atom stereocenters. The fourth-order valence-electron chi connectivity index (χ4n) is 2.53. The second-order valence-electron chi connectivity index (χ2n) is 5.28. The van der Waals surface area contributed by atoms with Crippen LogP contribution in [0.4, 0.5) is 0 Å². The van der Waals surface area contributed by atoms with E-state index in [0.29, 0.717) is 0 Å². The van der Waals surface area contributed by atoms with Gasteiger partial charge < -0.3 is 15.5 Å². The van der Waals surface area contributed by atoms with Gasteiger partial charge in [0.15, 0.2) is 5.96 Å². The molecule has 2 heterocycles. The van der Waals surface area contributed by atoms with Crippen molar-refractivity contribution < 1.29 is 0 Å². The number of guanidine groups is 1. The Balaban J connectivity index is 0.00000242. The first kappa shape index (κ1) is 20.4. The number of aliphatic imine (C=N–C) groups is 1. The molecule has 1 aliphatic rings. The molecular weight excluding hydrogens is 522 g/mol. The average Bonchev–Trinajstić information content (AvgIpc) is 2.92. The minimum Gasteiger partial charge on any atom is -0.356 e. The molecule has 0 amide bonds. The quantitative estimate of drug-likeness (QED) is 0.326. The van der Waals surface area contributed by atoms with Gasteiger partial charge in [0.25, 0.3) is 0 Å². The number of thiophene rings is 1. The van der Waals surface area contributed by atoms with Gasteiger partial charge in [-0.3, -0.25) is 4.99 Å². The highest BCUT2D eigenvalue weighted by Crippen LogP contribution is 2.18. The van der Waals surface area contributed by atoms with E-state index in [2.05, 4.69) is 55.2 Å². The molecule has 1 saturated heterocycles. The summed E-state index contributed by atoms with van der Waals surface area (Å²) in [6, 6.07) is 4.38. The van der Waals surface area contributed by atoms with E-state index in [9.17, 15) is 0 Å². The zero-order valence-electron chi connectivity index (χ0n) is 13.1. The van der Waals surface area contributed by atoms with E-state index < -0.39 is 0 Å². The van der Waals surface area contributed by atoms with E-state index in [4.69, 9.17) is 0 Å². The van der Waals surface area contributed by atoms with Gasteiger partial charge in [0.05, 0.1) is 2.88 Å². The van der Waals surface area contributed by atoms with Crippen LogP contribution in [0.5, 0.6) is 0 Å². The Labute approximate surface area is 168 Å². The Morgan fingerprint density at radius 1 is 1.23 bits per heavy atom. The molecule has 1 aromatic rings. The van der Waals surface area contributed by atoms with Gasteiger partial charge in [0, 0.05) is 31.6 Å². The van der Waals surface area contributed by atoms with Crippen molar-refractivity contribution in [1.29, 1.82) is 0 Å². The highest BCUT2D eigenvalue weighted by molar-refractivity contribution is 14.1. The maximum Gasteiger partial charge on any atom is 0.191 e. The lowest BCUT2D eigenvalue weighted by atomic mass is 10.1. The summed E-state index contributed by atoms with van der Waals surface area (Å²) in [5.41, 5.74) is 0. The summed E-state index contributed by atoms with van der Waals surface area (Å²) in [4.78, 5) is 8.25. The van der Waals surface area contributed by atoms with Crippen LogP contribution in [0.25, 0.3) is 0 Å². The van der Waals surface area contributed by atoms with E-state index in [0.717, 1.165) is 32.0 Å². The van der Waals surface area contributed by atoms with Gasteiger partial charge in [0.2, 0.25) is 0 Å². The van der Waals surface area contributed by atoms with E-state index >= 15 is 0 Å². The largest absolute Gasteiger partial charge is 0.356 e. The number of rotatable bonds is 6. The molecule has 1 aromatic heterocycles. The van der Waals surface area contributed by atoms with Crippen molar-refractivity contribution in [3.8, 4) is 0 Å². The molecule has 7 heteroatoms. The van der Waals surface area contributed by atoms with Gasteiger partial charge in [-0.2, -0.15) is 0 Å². The van der Waals surface area contributed by atoms with Crippen molar-refractivity contribution in [2.75, 3.05) is 39.8 Å². The van der Waals surface area contributed by atoms with Gasteiger partial charge in [-0.05, 0) is 67.1 Å².